The molecule has 1 rings (SSSR count). The van der Waals surface area contributed by atoms with Crippen LogP contribution in [-0.4, -0.2) is 46.1 Å². The summed E-state index contributed by atoms with van der Waals surface area (Å²) in [6, 6.07) is 3.88. The van der Waals surface area contributed by atoms with Gasteiger partial charge in [0.2, 0.25) is 0 Å². The van der Waals surface area contributed by atoms with Crippen LogP contribution in [-0.2, 0) is 0 Å². The van der Waals surface area contributed by atoms with E-state index < -0.39 is 0 Å². The molecule has 0 spiro atoms. The predicted molar refractivity (Wildman–Crippen MR) is 42.3 cm³/mol. The number of hydrogen-bond acceptors (Lipinski definition) is 3. The monoisotopic (exact) mass is 162 g/mol. The molecule has 0 saturated carbocycles. The maximum atomic E-state index is 10.1. The number of aldehydes is 1. The third-order valence-corrected chi connectivity index (χ3v) is 1.14. The number of rotatable bonds is 1. The molecule has 54 valence electrons. The van der Waals surface area contributed by atoms with Gasteiger partial charge in [0.15, 0.2) is 11.5 Å². The Kier molecular flexibility index (Phi) is 4.18. The van der Waals surface area contributed by atoms with Gasteiger partial charge in [-0.25, -0.2) is 0 Å². The Balaban J connectivity index is 0.000001000. The Bertz CT molecular complexity index is 260. The summed E-state index contributed by atoms with van der Waals surface area (Å²) >= 11 is 0. The van der Waals surface area contributed by atoms with Crippen LogP contribution < -0.4 is 0 Å². The first-order chi connectivity index (χ1) is 4.74. The minimum absolute atomic E-state index is 0. The number of hydrogen-bond donors (Lipinski definition) is 2. The van der Waals surface area contributed by atoms with Gasteiger partial charge in [-0.15, -0.1) is 0 Å². The van der Waals surface area contributed by atoms with Crippen LogP contribution in [0.3, 0.4) is 0 Å². The van der Waals surface area contributed by atoms with E-state index in [4.69, 9.17) is 10.2 Å². The molecule has 0 saturated heterocycles. The summed E-state index contributed by atoms with van der Waals surface area (Å²) in [4.78, 5) is 10.1. The van der Waals surface area contributed by atoms with Crippen LogP contribution in [0.25, 0.3) is 0 Å². The van der Waals surface area contributed by atoms with Crippen molar-refractivity contribution in [3.8, 4) is 11.5 Å². The van der Waals surface area contributed by atoms with Gasteiger partial charge in [-0.05, 0) is 18.2 Å². The molecule has 0 bridgehead atoms. The number of phenolic OH excluding ortho intramolecular Hbond substituents is 2. The average Bonchev–Trinajstić information content (AvgIpc) is 1.95. The molecule has 0 fully saturated rings. The zero-order valence-electron chi connectivity index (χ0n) is 5.11. The number of aromatic hydroxyl groups is 2. The standard InChI is InChI=1S/C7H6O3.Na.H/c8-4-5-1-2-6(9)7(10)3-5;;/h1-4,9-10H;;. The molecule has 1 aromatic carbocycles. The van der Waals surface area contributed by atoms with Crippen molar-refractivity contribution < 1.29 is 15.0 Å². The van der Waals surface area contributed by atoms with E-state index in [1.165, 1.54) is 18.2 Å². The zero-order valence-corrected chi connectivity index (χ0v) is 5.11. The van der Waals surface area contributed by atoms with Gasteiger partial charge in [-0.1, -0.05) is 0 Å². The summed E-state index contributed by atoms with van der Waals surface area (Å²) in [7, 11) is 0. The summed E-state index contributed by atoms with van der Waals surface area (Å²) in [5.41, 5.74) is 0.343. The third kappa shape index (κ3) is 2.54. The molecule has 4 heteroatoms. The first-order valence-corrected chi connectivity index (χ1v) is 2.71. The van der Waals surface area contributed by atoms with Crippen molar-refractivity contribution in [2.45, 2.75) is 0 Å². The SMILES string of the molecule is O=Cc1ccc(O)c(O)c1.[NaH]. The van der Waals surface area contributed by atoms with Crippen LogP contribution in [0.15, 0.2) is 18.2 Å². The Hall–Kier alpha value is -0.510. The Labute approximate surface area is 86.0 Å². The van der Waals surface area contributed by atoms with E-state index in [9.17, 15) is 4.79 Å². The van der Waals surface area contributed by atoms with Crippen molar-refractivity contribution in [3.05, 3.63) is 23.8 Å². The molecule has 0 aliphatic carbocycles. The molecule has 0 unspecified atom stereocenters. The molecule has 11 heavy (non-hydrogen) atoms. The molecular weight excluding hydrogens is 155 g/mol. The predicted octanol–water partition coefficient (Wildman–Crippen LogP) is 0.262. The second-order valence-corrected chi connectivity index (χ2v) is 1.87. The number of carbonyl (C=O) groups excluding carboxylic acids is 1. The second-order valence-electron chi connectivity index (χ2n) is 1.87. The summed E-state index contributed by atoms with van der Waals surface area (Å²) in [5.74, 6) is -0.491. The molecule has 0 heterocycles. The first kappa shape index (κ1) is 10.5. The van der Waals surface area contributed by atoms with E-state index in [-0.39, 0.29) is 41.1 Å². The topological polar surface area (TPSA) is 57.5 Å². The fraction of sp³-hybridized carbons (Fsp3) is 0. The normalized spacial score (nSPS) is 8.36. The van der Waals surface area contributed by atoms with Crippen LogP contribution >= 0.6 is 0 Å². The zero-order chi connectivity index (χ0) is 7.56. The minimum atomic E-state index is -0.274. The van der Waals surface area contributed by atoms with E-state index in [2.05, 4.69) is 0 Å². The van der Waals surface area contributed by atoms with Crippen LogP contribution in [0.1, 0.15) is 10.4 Å². The van der Waals surface area contributed by atoms with E-state index in [1.807, 2.05) is 0 Å². The molecule has 0 aromatic heterocycles. The van der Waals surface area contributed by atoms with Gasteiger partial charge in [-0.3, -0.25) is 4.79 Å². The quantitative estimate of drug-likeness (QED) is 0.354. The molecule has 1 aromatic rings. The fourth-order valence-corrected chi connectivity index (χ4v) is 0.614. The van der Waals surface area contributed by atoms with Crippen molar-refractivity contribution in [2.24, 2.45) is 0 Å². The summed E-state index contributed by atoms with van der Waals surface area (Å²) in [6.07, 6.45) is 0.596. The van der Waals surface area contributed by atoms with Crippen molar-refractivity contribution in [3.63, 3.8) is 0 Å². The molecule has 2 N–H and O–H groups in total. The van der Waals surface area contributed by atoms with Crippen LogP contribution in [0.5, 0.6) is 11.5 Å². The molecule has 0 aliphatic heterocycles. The molecule has 3 nitrogen and oxygen atoms in total. The average molecular weight is 162 g/mol. The van der Waals surface area contributed by atoms with Gasteiger partial charge in [0.1, 0.15) is 6.29 Å². The summed E-state index contributed by atoms with van der Waals surface area (Å²) < 4.78 is 0. The van der Waals surface area contributed by atoms with E-state index in [0.717, 1.165) is 0 Å². The Morgan fingerprint density at radius 2 is 1.82 bits per heavy atom. The molecule has 0 amide bonds. The maximum absolute atomic E-state index is 10.1. The molecule has 0 aliphatic rings. The summed E-state index contributed by atoms with van der Waals surface area (Å²) in [6.45, 7) is 0. The second kappa shape index (κ2) is 4.38. The van der Waals surface area contributed by atoms with Crippen molar-refractivity contribution in [1.82, 2.24) is 0 Å². The van der Waals surface area contributed by atoms with Crippen molar-refractivity contribution >= 4 is 35.8 Å². The number of phenols is 2. The number of carbonyl (C=O) groups is 1. The van der Waals surface area contributed by atoms with Crippen LogP contribution in [0.4, 0.5) is 0 Å². The van der Waals surface area contributed by atoms with Crippen molar-refractivity contribution in [1.29, 1.82) is 0 Å². The van der Waals surface area contributed by atoms with Gasteiger partial charge < -0.3 is 10.2 Å². The number of benzene rings is 1. The fourth-order valence-electron chi connectivity index (χ4n) is 0.614. The van der Waals surface area contributed by atoms with Gasteiger partial charge in [0.25, 0.3) is 0 Å². The van der Waals surface area contributed by atoms with Crippen molar-refractivity contribution in [2.75, 3.05) is 0 Å². The molecule has 0 radical (unpaired) electrons. The summed E-state index contributed by atoms with van der Waals surface area (Å²) in [5, 5.41) is 17.6. The van der Waals surface area contributed by atoms with Gasteiger partial charge in [-0.2, -0.15) is 0 Å². The Morgan fingerprint density at radius 3 is 2.27 bits per heavy atom. The van der Waals surface area contributed by atoms with E-state index in [0.29, 0.717) is 11.8 Å². The first-order valence-electron chi connectivity index (χ1n) is 2.71. The van der Waals surface area contributed by atoms with E-state index >= 15 is 0 Å². The van der Waals surface area contributed by atoms with Crippen LogP contribution in [0.2, 0.25) is 0 Å². The third-order valence-electron chi connectivity index (χ3n) is 1.14. The van der Waals surface area contributed by atoms with E-state index in [1.54, 1.807) is 0 Å². The Morgan fingerprint density at radius 1 is 1.18 bits per heavy atom. The molecule has 0 atom stereocenters. The molecular formula is C7H7NaO3. The van der Waals surface area contributed by atoms with Crippen LogP contribution in [0, 0.1) is 0 Å². The van der Waals surface area contributed by atoms with Gasteiger partial charge >= 0.3 is 29.6 Å². The van der Waals surface area contributed by atoms with Gasteiger partial charge in [0, 0.05) is 5.56 Å². The van der Waals surface area contributed by atoms with Gasteiger partial charge in [0.05, 0.1) is 0 Å².